The number of benzene rings is 1. The molecular weight excluding hydrogens is 227 g/mol. The van der Waals surface area contributed by atoms with E-state index in [0.29, 0.717) is 10.9 Å². The van der Waals surface area contributed by atoms with E-state index in [2.05, 4.69) is 18.8 Å². The van der Waals surface area contributed by atoms with Gasteiger partial charge in [0.1, 0.15) is 5.82 Å². The first-order valence-electron chi connectivity index (χ1n) is 5.07. The highest BCUT2D eigenvalue weighted by molar-refractivity contribution is 6.32. The fourth-order valence-electron chi connectivity index (χ4n) is 1.61. The zero-order valence-corrected chi connectivity index (χ0v) is 9.87. The number of halogens is 2. The molecule has 0 N–H and O–H groups in total. The Morgan fingerprint density at radius 3 is 2.75 bits per heavy atom. The summed E-state index contributed by atoms with van der Waals surface area (Å²) in [7, 11) is 0. The number of hydrogen-bond acceptors (Lipinski definition) is 1. The van der Waals surface area contributed by atoms with Gasteiger partial charge in [0.2, 0.25) is 0 Å². The van der Waals surface area contributed by atoms with Gasteiger partial charge >= 0.3 is 0 Å². The summed E-state index contributed by atoms with van der Waals surface area (Å²) in [6.45, 7) is 4.15. The highest BCUT2D eigenvalue weighted by Crippen LogP contribution is 2.25. The lowest BCUT2D eigenvalue weighted by Crippen LogP contribution is -2.01. The highest BCUT2D eigenvalue weighted by atomic mass is 35.5. The minimum atomic E-state index is -0.333. The van der Waals surface area contributed by atoms with Crippen LogP contribution in [0.25, 0.3) is 5.69 Å². The third-order valence-electron chi connectivity index (χ3n) is 2.43. The van der Waals surface area contributed by atoms with Crippen molar-refractivity contribution in [2.75, 3.05) is 0 Å². The zero-order valence-electron chi connectivity index (χ0n) is 9.11. The number of nitrogens with zero attached hydrogens (tertiary/aromatic N) is 2. The van der Waals surface area contributed by atoms with Crippen molar-refractivity contribution in [3.05, 3.63) is 47.3 Å². The van der Waals surface area contributed by atoms with Crippen LogP contribution in [-0.4, -0.2) is 9.55 Å². The number of rotatable bonds is 2. The average molecular weight is 239 g/mol. The van der Waals surface area contributed by atoms with E-state index < -0.39 is 0 Å². The molecule has 0 aliphatic carbocycles. The van der Waals surface area contributed by atoms with Crippen molar-refractivity contribution in [3.63, 3.8) is 0 Å². The van der Waals surface area contributed by atoms with E-state index in [4.69, 9.17) is 11.6 Å². The van der Waals surface area contributed by atoms with E-state index in [0.717, 1.165) is 11.4 Å². The van der Waals surface area contributed by atoms with Gasteiger partial charge in [0.25, 0.3) is 0 Å². The van der Waals surface area contributed by atoms with Crippen LogP contribution in [0.15, 0.2) is 30.7 Å². The summed E-state index contributed by atoms with van der Waals surface area (Å²) >= 11 is 6.01. The Hall–Kier alpha value is -1.35. The summed E-state index contributed by atoms with van der Waals surface area (Å²) in [5, 5.41) is 0.389. The maximum absolute atomic E-state index is 12.9. The van der Waals surface area contributed by atoms with Crippen LogP contribution in [0, 0.1) is 5.82 Å². The van der Waals surface area contributed by atoms with E-state index in [9.17, 15) is 4.39 Å². The van der Waals surface area contributed by atoms with Crippen molar-refractivity contribution in [1.29, 1.82) is 0 Å². The molecule has 0 radical (unpaired) electrons. The number of imidazole rings is 1. The molecule has 1 aromatic carbocycles. The SMILES string of the molecule is CC(C)c1cncn1-c1ccc(F)cc1Cl. The minimum absolute atomic E-state index is 0.333. The first kappa shape index (κ1) is 11.1. The lowest BCUT2D eigenvalue weighted by Gasteiger charge is -2.12. The van der Waals surface area contributed by atoms with Crippen LogP contribution in [-0.2, 0) is 0 Å². The summed E-state index contributed by atoms with van der Waals surface area (Å²) < 4.78 is 14.8. The van der Waals surface area contributed by atoms with Crippen LogP contribution >= 0.6 is 11.6 Å². The van der Waals surface area contributed by atoms with E-state index in [1.165, 1.54) is 12.1 Å². The maximum Gasteiger partial charge on any atom is 0.124 e. The number of aromatic nitrogens is 2. The summed E-state index contributed by atoms with van der Waals surface area (Å²) in [5.74, 6) is 0.00332. The predicted octanol–water partition coefficient (Wildman–Crippen LogP) is 3.79. The van der Waals surface area contributed by atoms with Gasteiger partial charge in [-0.15, -0.1) is 0 Å². The lowest BCUT2D eigenvalue weighted by molar-refractivity contribution is 0.627. The van der Waals surface area contributed by atoms with Gasteiger partial charge in [0, 0.05) is 11.9 Å². The monoisotopic (exact) mass is 238 g/mol. The van der Waals surface area contributed by atoms with Crippen LogP contribution in [0.4, 0.5) is 4.39 Å². The summed E-state index contributed by atoms with van der Waals surface area (Å²) in [4.78, 5) is 4.09. The molecule has 0 saturated heterocycles. The first-order chi connectivity index (χ1) is 7.59. The van der Waals surface area contributed by atoms with Gasteiger partial charge in [-0.1, -0.05) is 25.4 Å². The second-order valence-corrected chi connectivity index (χ2v) is 4.35. The van der Waals surface area contributed by atoms with Crippen LogP contribution in [0.3, 0.4) is 0 Å². The lowest BCUT2D eigenvalue weighted by atomic mass is 10.1. The molecule has 2 rings (SSSR count). The molecule has 0 unspecified atom stereocenters. The van der Waals surface area contributed by atoms with Crippen LogP contribution in [0.1, 0.15) is 25.5 Å². The molecule has 16 heavy (non-hydrogen) atoms. The topological polar surface area (TPSA) is 17.8 Å². The molecule has 84 valence electrons. The molecule has 0 amide bonds. The molecule has 0 fully saturated rings. The fraction of sp³-hybridized carbons (Fsp3) is 0.250. The summed E-state index contributed by atoms with van der Waals surface area (Å²) in [6.07, 6.45) is 3.48. The zero-order chi connectivity index (χ0) is 11.7. The molecule has 1 heterocycles. The largest absolute Gasteiger partial charge is 0.302 e. The average Bonchev–Trinajstić information content (AvgIpc) is 2.66. The molecule has 0 aliphatic rings. The Kier molecular flexibility index (Phi) is 2.97. The molecule has 0 spiro atoms. The first-order valence-corrected chi connectivity index (χ1v) is 5.45. The van der Waals surface area contributed by atoms with Gasteiger partial charge < -0.3 is 4.57 Å². The second kappa shape index (κ2) is 4.26. The number of hydrogen-bond donors (Lipinski definition) is 0. The van der Waals surface area contributed by atoms with Gasteiger partial charge in [0.15, 0.2) is 0 Å². The molecule has 0 aliphatic heterocycles. The molecule has 2 aromatic rings. The Labute approximate surface area is 98.7 Å². The summed E-state index contributed by atoms with van der Waals surface area (Å²) in [6, 6.07) is 4.36. The van der Waals surface area contributed by atoms with Crippen LogP contribution in [0.2, 0.25) is 5.02 Å². The Morgan fingerprint density at radius 2 is 2.12 bits per heavy atom. The summed E-state index contributed by atoms with van der Waals surface area (Å²) in [5.41, 5.74) is 1.80. The molecule has 4 heteroatoms. The van der Waals surface area contributed by atoms with Gasteiger partial charge in [-0.3, -0.25) is 0 Å². The molecule has 1 aromatic heterocycles. The Balaban J connectivity index is 2.54. The van der Waals surface area contributed by atoms with Gasteiger partial charge in [-0.2, -0.15) is 0 Å². The van der Waals surface area contributed by atoms with E-state index in [1.54, 1.807) is 18.6 Å². The van der Waals surface area contributed by atoms with Crippen molar-refractivity contribution in [2.24, 2.45) is 0 Å². The second-order valence-electron chi connectivity index (χ2n) is 3.94. The third-order valence-corrected chi connectivity index (χ3v) is 2.73. The van der Waals surface area contributed by atoms with Gasteiger partial charge in [-0.25, -0.2) is 9.37 Å². The smallest absolute Gasteiger partial charge is 0.124 e. The van der Waals surface area contributed by atoms with Gasteiger partial charge in [-0.05, 0) is 24.1 Å². The van der Waals surface area contributed by atoms with Crippen molar-refractivity contribution in [3.8, 4) is 5.69 Å². The molecule has 2 nitrogen and oxygen atoms in total. The van der Waals surface area contributed by atoms with E-state index in [1.807, 2.05) is 4.57 Å². The van der Waals surface area contributed by atoms with Crippen molar-refractivity contribution in [1.82, 2.24) is 9.55 Å². The molecule has 0 saturated carbocycles. The fourth-order valence-corrected chi connectivity index (χ4v) is 1.87. The molecular formula is C12H12ClFN2. The van der Waals surface area contributed by atoms with Crippen molar-refractivity contribution < 1.29 is 4.39 Å². The maximum atomic E-state index is 12.9. The third kappa shape index (κ3) is 1.95. The van der Waals surface area contributed by atoms with Crippen molar-refractivity contribution in [2.45, 2.75) is 19.8 Å². The van der Waals surface area contributed by atoms with Gasteiger partial charge in [0.05, 0.1) is 17.0 Å². The Bertz CT molecular complexity index is 505. The highest BCUT2D eigenvalue weighted by Gasteiger charge is 2.10. The van der Waals surface area contributed by atoms with Crippen LogP contribution < -0.4 is 0 Å². The standard InChI is InChI=1S/C12H12ClFN2/c1-8(2)12-6-15-7-16(12)11-4-3-9(14)5-10(11)13/h3-8H,1-2H3. The normalized spacial score (nSPS) is 11.1. The minimum Gasteiger partial charge on any atom is -0.302 e. The van der Waals surface area contributed by atoms with E-state index >= 15 is 0 Å². The Morgan fingerprint density at radius 1 is 1.38 bits per heavy atom. The molecule has 0 bridgehead atoms. The molecule has 0 atom stereocenters. The predicted molar refractivity (Wildman–Crippen MR) is 62.6 cm³/mol. The quantitative estimate of drug-likeness (QED) is 0.778. The van der Waals surface area contributed by atoms with Crippen LogP contribution in [0.5, 0.6) is 0 Å². The van der Waals surface area contributed by atoms with E-state index in [-0.39, 0.29) is 5.82 Å². The van der Waals surface area contributed by atoms with Crippen molar-refractivity contribution >= 4 is 11.6 Å².